The van der Waals surface area contributed by atoms with E-state index in [-0.39, 0.29) is 22.2 Å². The van der Waals surface area contributed by atoms with Crippen molar-refractivity contribution in [1.82, 2.24) is 4.72 Å². The molecule has 3 N–H and O–H groups in total. The van der Waals surface area contributed by atoms with Crippen molar-refractivity contribution in [3.05, 3.63) is 29.8 Å². The van der Waals surface area contributed by atoms with Gasteiger partial charge < -0.3 is 5.73 Å². The zero-order chi connectivity index (χ0) is 16.2. The summed E-state index contributed by atoms with van der Waals surface area (Å²) in [5.41, 5.74) is 5.55. The van der Waals surface area contributed by atoms with Crippen LogP contribution in [0.5, 0.6) is 0 Å². The molecule has 116 valence electrons. The van der Waals surface area contributed by atoms with Gasteiger partial charge in [-0.15, -0.1) is 0 Å². The lowest BCUT2D eigenvalue weighted by Gasteiger charge is -2.21. The summed E-state index contributed by atoms with van der Waals surface area (Å²) in [6.45, 7) is 4.93. The van der Waals surface area contributed by atoms with Crippen LogP contribution in [0.2, 0.25) is 0 Å². The van der Waals surface area contributed by atoms with E-state index in [1.54, 1.807) is 6.92 Å². The standard InChI is InChI=1S/C14H20N2O4S/c1-4-9(2)13(14(15)18)16-21(19,20)12-7-5-6-11(8-12)10(3)17/h5-9,13,16H,4H2,1-3H3,(H2,15,18). The smallest absolute Gasteiger partial charge is 0.241 e. The first kappa shape index (κ1) is 17.3. The van der Waals surface area contributed by atoms with Crippen LogP contribution in [0.3, 0.4) is 0 Å². The number of benzene rings is 1. The lowest BCUT2D eigenvalue weighted by atomic mass is 10.00. The SMILES string of the molecule is CCC(C)C(NS(=O)(=O)c1cccc(C(C)=O)c1)C(N)=O. The van der Waals surface area contributed by atoms with Gasteiger partial charge in [-0.1, -0.05) is 32.4 Å². The first-order chi connectivity index (χ1) is 9.69. The second-order valence-electron chi connectivity index (χ2n) is 4.97. The van der Waals surface area contributed by atoms with Crippen molar-refractivity contribution >= 4 is 21.7 Å². The van der Waals surface area contributed by atoms with Gasteiger partial charge >= 0.3 is 0 Å². The van der Waals surface area contributed by atoms with Gasteiger partial charge in [0, 0.05) is 5.56 Å². The summed E-state index contributed by atoms with van der Waals surface area (Å²) in [5.74, 6) is -1.19. The van der Waals surface area contributed by atoms with Crippen molar-refractivity contribution in [3.63, 3.8) is 0 Å². The number of hydrogen-bond acceptors (Lipinski definition) is 4. The molecule has 1 aromatic rings. The van der Waals surface area contributed by atoms with E-state index < -0.39 is 22.0 Å². The van der Waals surface area contributed by atoms with Gasteiger partial charge in [-0.25, -0.2) is 8.42 Å². The van der Waals surface area contributed by atoms with Crippen molar-refractivity contribution < 1.29 is 18.0 Å². The Morgan fingerprint density at radius 2 is 1.95 bits per heavy atom. The Kier molecular flexibility index (Phi) is 5.62. The Balaban J connectivity index is 3.13. The highest BCUT2D eigenvalue weighted by molar-refractivity contribution is 7.89. The van der Waals surface area contributed by atoms with Crippen LogP contribution in [-0.4, -0.2) is 26.2 Å². The fraction of sp³-hybridized carbons (Fsp3) is 0.429. The Bertz CT molecular complexity index is 640. The van der Waals surface area contributed by atoms with Crippen LogP contribution in [0, 0.1) is 5.92 Å². The number of ketones is 1. The topological polar surface area (TPSA) is 106 Å². The Hall–Kier alpha value is -1.73. The Morgan fingerprint density at radius 1 is 1.33 bits per heavy atom. The summed E-state index contributed by atoms with van der Waals surface area (Å²) in [7, 11) is -3.92. The molecule has 0 aliphatic carbocycles. The first-order valence-corrected chi connectivity index (χ1v) is 8.10. The lowest BCUT2D eigenvalue weighted by molar-refractivity contribution is -0.120. The molecule has 2 unspecified atom stereocenters. The molecule has 0 aliphatic heterocycles. The van der Waals surface area contributed by atoms with Gasteiger partial charge in [0.05, 0.1) is 4.90 Å². The molecule has 0 saturated carbocycles. The van der Waals surface area contributed by atoms with Crippen molar-refractivity contribution in [1.29, 1.82) is 0 Å². The molecule has 0 aromatic heterocycles. The number of sulfonamides is 1. The molecule has 0 heterocycles. The molecule has 0 saturated heterocycles. The van der Waals surface area contributed by atoms with Crippen molar-refractivity contribution in [2.24, 2.45) is 11.7 Å². The van der Waals surface area contributed by atoms with Gasteiger partial charge in [-0.2, -0.15) is 4.72 Å². The van der Waals surface area contributed by atoms with Crippen LogP contribution in [0.15, 0.2) is 29.2 Å². The third kappa shape index (κ3) is 4.37. The normalized spacial score (nSPS) is 14.4. The molecule has 0 radical (unpaired) electrons. The maximum absolute atomic E-state index is 12.3. The molecule has 21 heavy (non-hydrogen) atoms. The summed E-state index contributed by atoms with van der Waals surface area (Å²) >= 11 is 0. The van der Waals surface area contributed by atoms with E-state index in [0.717, 1.165) is 0 Å². The molecule has 0 bridgehead atoms. The maximum Gasteiger partial charge on any atom is 0.241 e. The van der Waals surface area contributed by atoms with Gasteiger partial charge in [0.2, 0.25) is 15.9 Å². The molecule has 1 rings (SSSR count). The zero-order valence-electron chi connectivity index (χ0n) is 12.3. The van der Waals surface area contributed by atoms with Gasteiger partial charge in [-0.05, 0) is 25.0 Å². The average molecular weight is 312 g/mol. The average Bonchev–Trinajstić information content (AvgIpc) is 2.43. The highest BCUT2D eigenvalue weighted by Crippen LogP contribution is 2.15. The molecular weight excluding hydrogens is 292 g/mol. The first-order valence-electron chi connectivity index (χ1n) is 6.61. The fourth-order valence-corrected chi connectivity index (χ4v) is 3.17. The second-order valence-corrected chi connectivity index (χ2v) is 6.68. The summed E-state index contributed by atoms with van der Waals surface area (Å²) in [5, 5.41) is 0. The van der Waals surface area contributed by atoms with E-state index in [2.05, 4.69) is 4.72 Å². The third-order valence-corrected chi connectivity index (χ3v) is 4.79. The van der Waals surface area contributed by atoms with Gasteiger partial charge in [0.25, 0.3) is 0 Å². The van der Waals surface area contributed by atoms with Crippen molar-refractivity contribution in [3.8, 4) is 0 Å². The highest BCUT2D eigenvalue weighted by Gasteiger charge is 2.28. The minimum absolute atomic E-state index is 0.0650. The van der Waals surface area contributed by atoms with E-state index in [0.29, 0.717) is 6.42 Å². The fourth-order valence-electron chi connectivity index (χ4n) is 1.81. The van der Waals surface area contributed by atoms with Crippen LogP contribution in [0.1, 0.15) is 37.6 Å². The van der Waals surface area contributed by atoms with Gasteiger partial charge in [0.1, 0.15) is 6.04 Å². The summed E-state index contributed by atoms with van der Waals surface area (Å²) in [4.78, 5) is 22.7. The van der Waals surface area contributed by atoms with E-state index in [1.807, 2.05) is 6.92 Å². The molecule has 1 aromatic carbocycles. The van der Waals surface area contributed by atoms with Gasteiger partial charge in [-0.3, -0.25) is 9.59 Å². The van der Waals surface area contributed by atoms with Crippen LogP contribution in [-0.2, 0) is 14.8 Å². The molecular formula is C14H20N2O4S. The molecule has 0 fully saturated rings. The highest BCUT2D eigenvalue weighted by atomic mass is 32.2. The number of amides is 1. The molecule has 2 atom stereocenters. The quantitative estimate of drug-likeness (QED) is 0.734. The number of carbonyl (C=O) groups is 2. The number of carbonyl (C=O) groups excluding carboxylic acids is 2. The van der Waals surface area contributed by atoms with Crippen LogP contribution in [0.25, 0.3) is 0 Å². The largest absolute Gasteiger partial charge is 0.368 e. The summed E-state index contributed by atoms with van der Waals surface area (Å²) in [6, 6.07) is 4.67. The lowest BCUT2D eigenvalue weighted by Crippen LogP contribution is -2.48. The second kappa shape index (κ2) is 6.82. The monoisotopic (exact) mass is 312 g/mol. The molecule has 6 nitrogen and oxygen atoms in total. The zero-order valence-corrected chi connectivity index (χ0v) is 13.1. The Morgan fingerprint density at radius 3 is 2.43 bits per heavy atom. The number of nitrogens with one attached hydrogen (secondary N) is 1. The number of hydrogen-bond donors (Lipinski definition) is 2. The summed E-state index contributed by atoms with van der Waals surface area (Å²) in [6.07, 6.45) is 0.601. The van der Waals surface area contributed by atoms with Crippen LogP contribution in [0.4, 0.5) is 0 Å². The van der Waals surface area contributed by atoms with Gasteiger partial charge in [0.15, 0.2) is 5.78 Å². The van der Waals surface area contributed by atoms with Crippen molar-refractivity contribution in [2.45, 2.75) is 38.1 Å². The van der Waals surface area contributed by atoms with E-state index in [4.69, 9.17) is 5.73 Å². The number of primary amides is 1. The predicted octanol–water partition coefficient (Wildman–Crippen LogP) is 1.07. The van der Waals surface area contributed by atoms with Crippen LogP contribution < -0.4 is 10.5 Å². The minimum Gasteiger partial charge on any atom is -0.368 e. The Labute approximate surface area is 124 Å². The molecule has 0 spiro atoms. The van der Waals surface area contributed by atoms with E-state index in [1.165, 1.54) is 31.2 Å². The minimum atomic E-state index is -3.92. The molecule has 1 amide bonds. The van der Waals surface area contributed by atoms with Crippen LogP contribution >= 0.6 is 0 Å². The number of rotatable bonds is 7. The number of Topliss-reactive ketones (excluding diaryl/α,β-unsaturated/α-hetero) is 1. The maximum atomic E-state index is 12.3. The predicted molar refractivity (Wildman–Crippen MR) is 79.2 cm³/mol. The van der Waals surface area contributed by atoms with Crippen molar-refractivity contribution in [2.75, 3.05) is 0 Å². The molecule has 7 heteroatoms. The van der Waals surface area contributed by atoms with E-state index >= 15 is 0 Å². The third-order valence-electron chi connectivity index (χ3n) is 3.35. The van der Waals surface area contributed by atoms with E-state index in [9.17, 15) is 18.0 Å². The molecule has 0 aliphatic rings. The number of nitrogens with two attached hydrogens (primary N) is 1. The summed E-state index contributed by atoms with van der Waals surface area (Å²) < 4.78 is 26.9.